The third-order valence-corrected chi connectivity index (χ3v) is 11.6. The predicted octanol–water partition coefficient (Wildman–Crippen LogP) is 11.8. The summed E-state index contributed by atoms with van der Waals surface area (Å²) >= 11 is 0. The summed E-state index contributed by atoms with van der Waals surface area (Å²) in [4.78, 5) is 10.3. The molecule has 0 spiro atoms. The lowest BCUT2D eigenvalue weighted by molar-refractivity contribution is 0.270. The van der Waals surface area contributed by atoms with Gasteiger partial charge >= 0.3 is 0 Å². The molecule has 57 heavy (non-hydrogen) atoms. The maximum atomic E-state index is 6.98. The van der Waals surface area contributed by atoms with Crippen molar-refractivity contribution in [3.63, 3.8) is 0 Å². The van der Waals surface area contributed by atoms with E-state index in [0.717, 1.165) is 61.3 Å². The molecular weight excluding hydrogens is 701 g/mol. The molecule has 2 aliphatic heterocycles. The molecule has 12 rings (SSSR count). The van der Waals surface area contributed by atoms with Crippen LogP contribution in [0.3, 0.4) is 0 Å². The number of rotatable bonds is 5. The van der Waals surface area contributed by atoms with Crippen LogP contribution in [0.5, 0.6) is 5.75 Å². The van der Waals surface area contributed by atoms with Gasteiger partial charge in [-0.1, -0.05) is 140 Å². The molecule has 0 radical (unpaired) electrons. The van der Waals surface area contributed by atoms with E-state index in [2.05, 4.69) is 156 Å². The van der Waals surface area contributed by atoms with Crippen LogP contribution >= 0.6 is 0 Å². The Morgan fingerprint density at radius 2 is 1.23 bits per heavy atom. The smallest absolute Gasteiger partial charge is 0.163 e. The number of nitrogens with one attached hydrogen (secondary N) is 1. The van der Waals surface area contributed by atoms with Gasteiger partial charge in [0.25, 0.3) is 0 Å². The van der Waals surface area contributed by atoms with Crippen LogP contribution in [0, 0.1) is 0 Å². The van der Waals surface area contributed by atoms with Crippen molar-refractivity contribution in [1.29, 1.82) is 0 Å². The Labute approximate surface area is 328 Å². The number of allylic oxidation sites excluding steroid dienone is 2. The molecule has 0 amide bonds. The molecule has 0 saturated heterocycles. The molecule has 6 heteroatoms. The fraction of sp³-hybridized carbons (Fsp3) is 0.0588. The van der Waals surface area contributed by atoms with Crippen LogP contribution in [0.25, 0.3) is 60.6 Å². The summed E-state index contributed by atoms with van der Waals surface area (Å²) in [5.74, 6) is 2.32. The van der Waals surface area contributed by atoms with Gasteiger partial charge < -0.3 is 19.0 Å². The minimum absolute atomic E-state index is 0.0118. The Balaban J connectivity index is 0.990. The number of nitrogens with zero attached hydrogens (tertiary/aromatic N) is 3. The summed E-state index contributed by atoms with van der Waals surface area (Å²) in [6.45, 7) is 0. The Morgan fingerprint density at radius 1 is 0.579 bits per heavy atom. The van der Waals surface area contributed by atoms with E-state index in [1.165, 1.54) is 33.1 Å². The number of furan rings is 1. The van der Waals surface area contributed by atoms with Gasteiger partial charge in [0.2, 0.25) is 0 Å². The largest absolute Gasteiger partial charge is 0.485 e. The molecule has 0 fully saturated rings. The summed E-state index contributed by atoms with van der Waals surface area (Å²) in [6.07, 6.45) is 6.16. The quantitative estimate of drug-likeness (QED) is 0.191. The molecule has 270 valence electrons. The van der Waals surface area contributed by atoms with Gasteiger partial charge in [-0.2, -0.15) is 0 Å². The first-order valence-corrected chi connectivity index (χ1v) is 19.4. The van der Waals surface area contributed by atoms with Gasteiger partial charge in [0, 0.05) is 43.9 Å². The molecule has 3 atom stereocenters. The molecule has 1 aliphatic carbocycles. The molecular formula is C51H34N4O2. The van der Waals surface area contributed by atoms with E-state index in [-0.39, 0.29) is 18.2 Å². The van der Waals surface area contributed by atoms with E-state index in [0.29, 0.717) is 5.84 Å². The number of para-hydroxylation sites is 4. The molecule has 1 N–H and O–H groups in total. The third-order valence-electron chi connectivity index (χ3n) is 11.6. The summed E-state index contributed by atoms with van der Waals surface area (Å²) < 4.78 is 16.1. The van der Waals surface area contributed by atoms with E-state index < -0.39 is 0 Å². The number of ether oxygens (including phenoxy) is 1. The van der Waals surface area contributed by atoms with Crippen molar-refractivity contribution in [2.45, 2.75) is 18.2 Å². The number of amidine groups is 2. The highest BCUT2D eigenvalue weighted by molar-refractivity contribution is 6.20. The number of aliphatic imine (C=N–C) groups is 2. The van der Waals surface area contributed by atoms with Gasteiger partial charge in [0.15, 0.2) is 5.84 Å². The minimum Gasteiger partial charge on any atom is -0.485 e. The average Bonchev–Trinajstić information content (AvgIpc) is 3.96. The molecule has 9 aromatic rings. The van der Waals surface area contributed by atoms with E-state index in [4.69, 9.17) is 19.1 Å². The van der Waals surface area contributed by atoms with Crippen molar-refractivity contribution in [2.24, 2.45) is 9.98 Å². The summed E-state index contributed by atoms with van der Waals surface area (Å²) in [5.41, 5.74) is 11.4. The highest BCUT2D eigenvalue weighted by Gasteiger charge is 2.39. The van der Waals surface area contributed by atoms with Crippen LogP contribution in [0.15, 0.2) is 196 Å². The van der Waals surface area contributed by atoms with Crippen molar-refractivity contribution >= 4 is 61.1 Å². The van der Waals surface area contributed by atoms with Crippen LogP contribution in [0.1, 0.15) is 34.3 Å². The van der Waals surface area contributed by atoms with Crippen molar-refractivity contribution in [3.8, 4) is 16.9 Å². The predicted molar refractivity (Wildman–Crippen MR) is 231 cm³/mol. The topological polar surface area (TPSA) is 64.1 Å². The van der Waals surface area contributed by atoms with Crippen LogP contribution < -0.4 is 10.1 Å². The first kappa shape index (κ1) is 31.9. The SMILES string of the molecule is C1=CC2Oc3ccc(-c4cccc5c4oc4c(C6=NC(c7ccccc7)NC(c7ccccc7)=N6)cccc45)cc3C2C(n2c3ccccc3c3ccccc32)=C1. The summed E-state index contributed by atoms with van der Waals surface area (Å²) in [5, 5.41) is 8.14. The monoisotopic (exact) mass is 734 g/mol. The zero-order valence-corrected chi connectivity index (χ0v) is 30.7. The van der Waals surface area contributed by atoms with Gasteiger partial charge in [0.1, 0.15) is 35.0 Å². The Kier molecular flexibility index (Phi) is 7.01. The van der Waals surface area contributed by atoms with Gasteiger partial charge in [-0.3, -0.25) is 0 Å². The van der Waals surface area contributed by atoms with E-state index in [1.54, 1.807) is 0 Å². The molecule has 3 unspecified atom stereocenters. The van der Waals surface area contributed by atoms with Crippen molar-refractivity contribution in [3.05, 3.63) is 204 Å². The molecule has 0 bridgehead atoms. The lowest BCUT2D eigenvalue weighted by Gasteiger charge is -2.25. The van der Waals surface area contributed by atoms with Gasteiger partial charge in [-0.15, -0.1) is 0 Å². The number of hydrogen-bond donors (Lipinski definition) is 1. The van der Waals surface area contributed by atoms with Gasteiger partial charge in [-0.25, -0.2) is 9.98 Å². The van der Waals surface area contributed by atoms with E-state index >= 15 is 0 Å². The zero-order chi connectivity index (χ0) is 37.5. The fourth-order valence-electron chi connectivity index (χ4n) is 9.06. The van der Waals surface area contributed by atoms with Crippen LogP contribution in [-0.2, 0) is 0 Å². The Bertz CT molecular complexity index is 3150. The van der Waals surface area contributed by atoms with Crippen LogP contribution in [0.4, 0.5) is 0 Å². The van der Waals surface area contributed by atoms with Crippen LogP contribution in [-0.4, -0.2) is 22.3 Å². The number of aromatic nitrogens is 1. The average molecular weight is 735 g/mol. The van der Waals surface area contributed by atoms with Crippen molar-refractivity contribution in [1.82, 2.24) is 9.88 Å². The molecule has 3 aliphatic rings. The van der Waals surface area contributed by atoms with E-state index in [1.807, 2.05) is 36.4 Å². The Hall–Kier alpha value is -7.44. The lowest BCUT2D eigenvalue weighted by Crippen LogP contribution is -2.33. The second-order valence-electron chi connectivity index (χ2n) is 14.9. The second-order valence-corrected chi connectivity index (χ2v) is 14.9. The molecule has 7 aromatic carbocycles. The number of benzene rings is 7. The maximum Gasteiger partial charge on any atom is 0.163 e. The Morgan fingerprint density at radius 3 is 1.98 bits per heavy atom. The molecule has 2 aromatic heterocycles. The lowest BCUT2D eigenvalue weighted by atomic mass is 9.87. The standard InChI is InChI=1S/C51H34N4O2/c1-3-14-31(15-4-1)49-52-50(32-16-5-2-6-17-32)54-51(53-49)39-23-12-22-38-37-21-11-20-34(47(37)57-48(38)39)33-28-29-44-40(30-33)46-43(26-13-27-45(46)56-44)55-41-24-9-7-18-35(41)36-19-8-10-25-42(36)55/h1-30,45-46,49H,(H,52,53,54). The normalized spacial score (nSPS) is 18.5. The first-order valence-electron chi connectivity index (χ1n) is 19.4. The minimum atomic E-state index is -0.308. The highest BCUT2D eigenvalue weighted by atomic mass is 16.5. The summed E-state index contributed by atoms with van der Waals surface area (Å²) in [6, 6.07) is 57.2. The van der Waals surface area contributed by atoms with Crippen LogP contribution in [0.2, 0.25) is 0 Å². The third kappa shape index (κ3) is 4.97. The van der Waals surface area contributed by atoms with Gasteiger partial charge in [-0.05, 0) is 53.6 Å². The molecule has 0 saturated carbocycles. The molecule has 6 nitrogen and oxygen atoms in total. The second kappa shape index (κ2) is 12.5. The first-order chi connectivity index (χ1) is 28.3. The maximum absolute atomic E-state index is 6.98. The summed E-state index contributed by atoms with van der Waals surface area (Å²) in [7, 11) is 0. The zero-order valence-electron chi connectivity index (χ0n) is 30.7. The van der Waals surface area contributed by atoms with Crippen molar-refractivity contribution < 1.29 is 9.15 Å². The fourth-order valence-corrected chi connectivity index (χ4v) is 9.06. The number of hydrogen-bond acceptors (Lipinski definition) is 5. The number of fused-ring (bicyclic) bond motifs is 9. The highest BCUT2D eigenvalue weighted by Crippen LogP contribution is 2.50. The van der Waals surface area contributed by atoms with Gasteiger partial charge in [0.05, 0.1) is 22.5 Å². The van der Waals surface area contributed by atoms with E-state index in [9.17, 15) is 0 Å². The molecule has 4 heterocycles. The van der Waals surface area contributed by atoms with Crippen molar-refractivity contribution in [2.75, 3.05) is 0 Å².